The fraction of sp³-hybridized carbons (Fsp3) is 0.552. The number of hydrogen-bond acceptors (Lipinski definition) is 5. The molecule has 198 valence electrons. The van der Waals surface area contributed by atoms with Gasteiger partial charge < -0.3 is 19.8 Å². The van der Waals surface area contributed by atoms with Gasteiger partial charge in [-0.25, -0.2) is 0 Å². The summed E-state index contributed by atoms with van der Waals surface area (Å²) in [6, 6.07) is 4.69. The minimum Gasteiger partial charge on any atom is -0.394 e. The first-order chi connectivity index (χ1) is 17.8. The van der Waals surface area contributed by atoms with E-state index in [2.05, 4.69) is 6.08 Å². The molecule has 5 rings (SSSR count). The molecule has 7 nitrogen and oxygen atoms in total. The van der Waals surface area contributed by atoms with Crippen molar-refractivity contribution in [1.29, 1.82) is 0 Å². The second kappa shape index (κ2) is 9.95. The van der Waals surface area contributed by atoms with Gasteiger partial charge in [-0.1, -0.05) is 56.4 Å². The highest BCUT2D eigenvalue weighted by molar-refractivity contribution is 8.02. The van der Waals surface area contributed by atoms with Gasteiger partial charge in [0, 0.05) is 30.6 Å². The Morgan fingerprint density at radius 2 is 1.78 bits per heavy atom. The van der Waals surface area contributed by atoms with Gasteiger partial charge in [-0.2, -0.15) is 0 Å². The number of thioether (sulfide) groups is 1. The third kappa shape index (κ3) is 3.86. The molecule has 8 heteroatoms. The lowest BCUT2D eigenvalue weighted by Crippen LogP contribution is -2.56. The average molecular weight is 524 g/mol. The number of rotatable bonds is 6. The monoisotopic (exact) mass is 523 g/mol. The van der Waals surface area contributed by atoms with E-state index in [9.17, 15) is 19.5 Å². The topological polar surface area (TPSA) is 81.2 Å². The molecular weight excluding hydrogens is 486 g/mol. The Bertz CT molecular complexity index is 1140. The molecule has 0 saturated carbocycles. The highest BCUT2D eigenvalue weighted by Gasteiger charge is 2.71. The summed E-state index contributed by atoms with van der Waals surface area (Å²) < 4.78 is -0.868. The van der Waals surface area contributed by atoms with Crippen LogP contribution < -0.4 is 4.90 Å². The summed E-state index contributed by atoms with van der Waals surface area (Å²) in [4.78, 5) is 48.0. The zero-order valence-corrected chi connectivity index (χ0v) is 22.9. The van der Waals surface area contributed by atoms with Crippen molar-refractivity contribution in [3.63, 3.8) is 0 Å². The maximum atomic E-state index is 14.6. The van der Waals surface area contributed by atoms with E-state index in [0.717, 1.165) is 23.2 Å². The summed E-state index contributed by atoms with van der Waals surface area (Å²) in [7, 11) is 0. The number of hydrogen-bond donors (Lipinski definition) is 1. The van der Waals surface area contributed by atoms with Crippen molar-refractivity contribution in [1.82, 2.24) is 9.80 Å². The predicted molar refractivity (Wildman–Crippen MR) is 146 cm³/mol. The minimum atomic E-state index is -0.868. The number of amides is 3. The molecule has 1 spiro atoms. The first-order valence-corrected chi connectivity index (χ1v) is 14.3. The molecule has 0 bridgehead atoms. The summed E-state index contributed by atoms with van der Waals surface area (Å²) in [6.45, 7) is 9.32. The summed E-state index contributed by atoms with van der Waals surface area (Å²) in [5, 5.41) is 10.1. The smallest absolute Gasteiger partial charge is 0.251 e. The number of aliphatic hydroxyl groups excluding tert-OH is 1. The van der Waals surface area contributed by atoms with Gasteiger partial charge >= 0.3 is 0 Å². The van der Waals surface area contributed by atoms with Gasteiger partial charge in [0.25, 0.3) is 5.91 Å². The number of benzene rings is 1. The lowest BCUT2D eigenvalue weighted by Gasteiger charge is -2.38. The number of aliphatic hydroxyl groups is 1. The van der Waals surface area contributed by atoms with Crippen LogP contribution in [0.5, 0.6) is 0 Å². The molecule has 1 unspecified atom stereocenters. The predicted octanol–water partition coefficient (Wildman–Crippen LogP) is 3.08. The van der Waals surface area contributed by atoms with Crippen LogP contribution in [0.2, 0.25) is 0 Å². The Morgan fingerprint density at radius 3 is 2.43 bits per heavy atom. The third-order valence-corrected chi connectivity index (χ3v) is 10.2. The van der Waals surface area contributed by atoms with Crippen molar-refractivity contribution < 1.29 is 19.5 Å². The molecule has 1 aromatic carbocycles. The molecule has 0 aliphatic carbocycles. The molecule has 1 N–H and O–H groups in total. The Kier molecular flexibility index (Phi) is 7.00. The van der Waals surface area contributed by atoms with Crippen LogP contribution in [0.1, 0.15) is 37.8 Å². The van der Waals surface area contributed by atoms with Gasteiger partial charge in [-0.15, -0.1) is 11.8 Å². The zero-order chi connectivity index (χ0) is 26.5. The molecule has 1 aromatic rings. The summed E-state index contributed by atoms with van der Waals surface area (Å²) in [6.07, 6.45) is 9.52. The molecule has 37 heavy (non-hydrogen) atoms. The van der Waals surface area contributed by atoms with Crippen LogP contribution in [0, 0.1) is 25.7 Å². The minimum absolute atomic E-state index is 0.00563. The van der Waals surface area contributed by atoms with E-state index in [1.807, 2.05) is 69.0 Å². The zero-order valence-electron chi connectivity index (χ0n) is 22.1. The molecule has 2 saturated heterocycles. The molecule has 6 atom stereocenters. The Balaban J connectivity index is 1.66. The second-order valence-electron chi connectivity index (χ2n) is 10.6. The normalized spacial score (nSPS) is 31.8. The number of fused-ring (bicyclic) bond motifs is 2. The molecular formula is C29H37N3O4S. The first-order valence-electron chi connectivity index (χ1n) is 13.4. The number of carbonyl (C=O) groups excluding carboxylic acids is 3. The van der Waals surface area contributed by atoms with Gasteiger partial charge in [-0.3, -0.25) is 14.4 Å². The van der Waals surface area contributed by atoms with Gasteiger partial charge in [-0.05, 0) is 37.8 Å². The fourth-order valence-electron chi connectivity index (χ4n) is 6.84. The number of nitrogens with zero attached hydrogens (tertiary/aromatic N) is 3. The van der Waals surface area contributed by atoms with E-state index in [1.165, 1.54) is 0 Å². The molecule has 2 fully saturated rings. The molecule has 3 amide bonds. The van der Waals surface area contributed by atoms with Crippen molar-refractivity contribution in [2.45, 2.75) is 62.6 Å². The number of carbonyl (C=O) groups is 3. The van der Waals surface area contributed by atoms with Crippen LogP contribution in [0.3, 0.4) is 0 Å². The van der Waals surface area contributed by atoms with Crippen molar-refractivity contribution in [3.05, 3.63) is 53.6 Å². The van der Waals surface area contributed by atoms with Crippen LogP contribution in [0.4, 0.5) is 5.69 Å². The molecule has 4 aliphatic rings. The Morgan fingerprint density at radius 1 is 1.05 bits per heavy atom. The quantitative estimate of drug-likeness (QED) is 0.580. The highest BCUT2D eigenvalue weighted by atomic mass is 32.2. The SMILES string of the molecule is CCCN1CC=C[C@@H]2S[C@]34C=CCN(c5c(C)cccc5C)C(=O)C3N([C@@H](CC)CO)C(=O)[C@@H]4[C@@H]2C1=O. The lowest BCUT2D eigenvalue weighted by atomic mass is 9.78. The Labute approximate surface area is 223 Å². The molecule has 4 heterocycles. The first kappa shape index (κ1) is 26.0. The maximum Gasteiger partial charge on any atom is 0.251 e. The van der Waals surface area contributed by atoms with E-state index in [4.69, 9.17) is 0 Å². The van der Waals surface area contributed by atoms with Crippen molar-refractivity contribution in [2.24, 2.45) is 11.8 Å². The van der Waals surface area contributed by atoms with E-state index >= 15 is 0 Å². The molecule has 4 aliphatic heterocycles. The average Bonchev–Trinajstić information content (AvgIpc) is 3.19. The van der Waals surface area contributed by atoms with Crippen molar-refractivity contribution >= 4 is 35.2 Å². The largest absolute Gasteiger partial charge is 0.394 e. The molecule has 0 radical (unpaired) electrons. The van der Waals surface area contributed by atoms with E-state index in [0.29, 0.717) is 26.1 Å². The van der Waals surface area contributed by atoms with Crippen molar-refractivity contribution in [3.8, 4) is 0 Å². The van der Waals surface area contributed by atoms with Gasteiger partial charge in [0.05, 0.1) is 29.2 Å². The fourth-order valence-corrected chi connectivity index (χ4v) is 8.83. The van der Waals surface area contributed by atoms with Crippen LogP contribution in [0.15, 0.2) is 42.5 Å². The summed E-state index contributed by atoms with van der Waals surface area (Å²) in [5.41, 5.74) is 2.86. The summed E-state index contributed by atoms with van der Waals surface area (Å²) >= 11 is 1.59. The highest BCUT2D eigenvalue weighted by Crippen LogP contribution is 2.61. The number of para-hydroxylation sites is 1. The maximum absolute atomic E-state index is 14.6. The van der Waals surface area contributed by atoms with Crippen LogP contribution in [-0.4, -0.2) is 80.9 Å². The van der Waals surface area contributed by atoms with Gasteiger partial charge in [0.15, 0.2) is 0 Å². The van der Waals surface area contributed by atoms with Gasteiger partial charge in [0.1, 0.15) is 6.04 Å². The molecule has 0 aromatic heterocycles. The van der Waals surface area contributed by atoms with Crippen LogP contribution >= 0.6 is 11.8 Å². The third-order valence-electron chi connectivity index (χ3n) is 8.46. The van der Waals surface area contributed by atoms with E-state index in [1.54, 1.807) is 21.6 Å². The standard InChI is InChI=1S/C29H37N3O4S/c1-5-14-30-15-8-12-21-22(26(30)34)23-27(35)32(20(6-2)17-33)25-28(36)31(16-9-13-29(23,25)37-21)24-18(3)10-7-11-19(24)4/h7-13,20-23,25,33H,5-6,14-17H2,1-4H3/t20-,21-,22+,23-,25?,29-/m0/s1. The van der Waals surface area contributed by atoms with E-state index < -0.39 is 28.7 Å². The van der Waals surface area contributed by atoms with Crippen LogP contribution in [-0.2, 0) is 14.4 Å². The number of aryl methyl sites for hydroxylation is 2. The summed E-state index contributed by atoms with van der Waals surface area (Å²) in [5.74, 6) is -1.52. The van der Waals surface area contributed by atoms with E-state index in [-0.39, 0.29) is 29.6 Å². The van der Waals surface area contributed by atoms with Gasteiger partial charge in [0.2, 0.25) is 11.8 Å². The number of likely N-dealkylation sites (tertiary alicyclic amines) is 1. The lowest BCUT2D eigenvalue weighted by molar-refractivity contribution is -0.144. The van der Waals surface area contributed by atoms with Crippen molar-refractivity contribution in [2.75, 3.05) is 31.1 Å². The number of anilines is 1. The second-order valence-corrected chi connectivity index (χ2v) is 12.1. The van der Waals surface area contributed by atoms with Crippen LogP contribution in [0.25, 0.3) is 0 Å². The Hall–Kier alpha value is -2.58.